The third kappa shape index (κ3) is 4.31. The molecule has 7 heteroatoms. The molecule has 3 N–H and O–H groups in total. The molecule has 0 aliphatic carbocycles. The van der Waals surface area contributed by atoms with Crippen molar-refractivity contribution in [3.8, 4) is 0 Å². The summed E-state index contributed by atoms with van der Waals surface area (Å²) in [6.07, 6.45) is 3.03. The number of benzene rings is 2. The number of carbonyl (C=O) groups is 1. The highest BCUT2D eigenvalue weighted by Crippen LogP contribution is 2.28. The van der Waals surface area contributed by atoms with Crippen LogP contribution in [0.25, 0.3) is 0 Å². The van der Waals surface area contributed by atoms with Gasteiger partial charge in [-0.25, -0.2) is 4.98 Å². The zero-order valence-electron chi connectivity index (χ0n) is 15.4. The maximum absolute atomic E-state index is 11.5. The van der Waals surface area contributed by atoms with E-state index in [1.807, 2.05) is 18.2 Å². The fourth-order valence-electron chi connectivity index (χ4n) is 3.07. The van der Waals surface area contributed by atoms with Crippen molar-refractivity contribution in [1.82, 2.24) is 9.97 Å². The molecule has 2 aromatic carbocycles. The summed E-state index contributed by atoms with van der Waals surface area (Å²) in [5, 5.41) is 9.40. The second kappa shape index (κ2) is 7.98. The number of hydrogen-bond donors (Lipinski definition) is 3. The van der Waals surface area contributed by atoms with E-state index in [-0.39, 0.29) is 5.91 Å². The summed E-state index contributed by atoms with van der Waals surface area (Å²) in [6, 6.07) is 14.3. The van der Waals surface area contributed by atoms with E-state index in [4.69, 9.17) is 0 Å². The molecular weight excluding hydrogens is 418 g/mol. The Morgan fingerprint density at radius 1 is 1.18 bits per heavy atom. The van der Waals surface area contributed by atoms with Gasteiger partial charge in [-0.1, -0.05) is 29.8 Å². The zero-order valence-corrected chi connectivity index (χ0v) is 17.0. The first-order valence-corrected chi connectivity index (χ1v) is 9.88. The van der Waals surface area contributed by atoms with Gasteiger partial charge in [0.15, 0.2) is 0 Å². The van der Waals surface area contributed by atoms with Crippen LogP contribution in [0.2, 0.25) is 0 Å². The lowest BCUT2D eigenvalue weighted by Gasteiger charge is -2.11. The third-order valence-corrected chi connectivity index (χ3v) is 5.14. The number of fused-ring (bicyclic) bond motifs is 1. The van der Waals surface area contributed by atoms with Crippen molar-refractivity contribution in [1.29, 1.82) is 0 Å². The van der Waals surface area contributed by atoms with E-state index < -0.39 is 0 Å². The highest BCUT2D eigenvalue weighted by molar-refractivity contribution is 9.10. The van der Waals surface area contributed by atoms with Crippen molar-refractivity contribution in [3.63, 3.8) is 0 Å². The van der Waals surface area contributed by atoms with Crippen molar-refractivity contribution in [3.05, 3.63) is 69.8 Å². The maximum atomic E-state index is 11.5. The van der Waals surface area contributed by atoms with E-state index in [1.165, 1.54) is 11.1 Å². The first kappa shape index (κ1) is 18.4. The summed E-state index contributed by atoms with van der Waals surface area (Å²) in [6.45, 7) is 2.86. The smallest absolute Gasteiger partial charge is 0.229 e. The Morgan fingerprint density at radius 2 is 2.00 bits per heavy atom. The first-order chi connectivity index (χ1) is 13.6. The van der Waals surface area contributed by atoms with Crippen molar-refractivity contribution in [2.45, 2.75) is 19.8 Å². The van der Waals surface area contributed by atoms with E-state index in [9.17, 15) is 4.79 Å². The van der Waals surface area contributed by atoms with Crippen LogP contribution in [-0.2, 0) is 17.6 Å². The van der Waals surface area contributed by atoms with Gasteiger partial charge in [-0.2, -0.15) is 4.98 Å². The van der Waals surface area contributed by atoms with Gasteiger partial charge in [-0.05, 0) is 58.6 Å². The van der Waals surface area contributed by atoms with Gasteiger partial charge in [-0.15, -0.1) is 0 Å². The Kier molecular flexibility index (Phi) is 5.25. The SMILES string of the molecule is Cc1ccc(CCNc2nc(Nc3ccc4c(c3)CC(=O)N4)ncc2Br)cc1. The predicted molar refractivity (Wildman–Crippen MR) is 115 cm³/mol. The number of nitrogens with zero attached hydrogens (tertiary/aromatic N) is 2. The monoisotopic (exact) mass is 437 g/mol. The standard InChI is InChI=1S/C21H20BrN5O/c1-13-2-4-14(5-3-13)8-9-23-20-17(22)12-24-21(27-20)25-16-6-7-18-15(10-16)11-19(28)26-18/h2-7,10,12H,8-9,11H2,1H3,(H,26,28)(H2,23,24,25,27). The number of aromatic nitrogens is 2. The van der Waals surface area contributed by atoms with Gasteiger partial charge in [0, 0.05) is 24.1 Å². The molecular formula is C21H20BrN5O. The van der Waals surface area contributed by atoms with Crippen LogP contribution >= 0.6 is 15.9 Å². The number of amides is 1. The molecule has 28 heavy (non-hydrogen) atoms. The highest BCUT2D eigenvalue weighted by atomic mass is 79.9. The van der Waals surface area contributed by atoms with Gasteiger partial charge in [0.1, 0.15) is 5.82 Å². The van der Waals surface area contributed by atoms with Crippen LogP contribution in [0.15, 0.2) is 53.1 Å². The molecule has 4 rings (SSSR count). The predicted octanol–water partition coefficient (Wildman–Crippen LogP) is 4.44. The summed E-state index contributed by atoms with van der Waals surface area (Å²) in [4.78, 5) is 20.4. The fourth-order valence-corrected chi connectivity index (χ4v) is 3.40. The number of nitrogens with one attached hydrogen (secondary N) is 3. The van der Waals surface area contributed by atoms with Crippen LogP contribution in [0.5, 0.6) is 0 Å². The Labute approximate surface area is 171 Å². The summed E-state index contributed by atoms with van der Waals surface area (Å²) >= 11 is 3.50. The first-order valence-electron chi connectivity index (χ1n) is 9.08. The largest absolute Gasteiger partial charge is 0.369 e. The third-order valence-electron chi connectivity index (χ3n) is 4.56. The van der Waals surface area contributed by atoms with Gasteiger partial charge in [0.05, 0.1) is 10.9 Å². The van der Waals surface area contributed by atoms with E-state index in [0.29, 0.717) is 12.4 Å². The van der Waals surface area contributed by atoms with E-state index in [1.54, 1.807) is 6.20 Å². The molecule has 6 nitrogen and oxygen atoms in total. The molecule has 0 bridgehead atoms. The van der Waals surface area contributed by atoms with Crippen LogP contribution in [0.4, 0.5) is 23.1 Å². The highest BCUT2D eigenvalue weighted by Gasteiger charge is 2.17. The van der Waals surface area contributed by atoms with Gasteiger partial charge in [0.2, 0.25) is 11.9 Å². The molecule has 2 heterocycles. The summed E-state index contributed by atoms with van der Waals surface area (Å²) < 4.78 is 0.811. The molecule has 142 valence electrons. The minimum atomic E-state index is 0.0205. The van der Waals surface area contributed by atoms with Gasteiger partial charge >= 0.3 is 0 Å². The Hall–Kier alpha value is -2.93. The quantitative estimate of drug-likeness (QED) is 0.531. The van der Waals surface area contributed by atoms with Crippen molar-refractivity contribution >= 4 is 45.0 Å². The Morgan fingerprint density at radius 3 is 2.82 bits per heavy atom. The average Bonchev–Trinajstić information content (AvgIpc) is 3.05. The van der Waals surface area contributed by atoms with Crippen LogP contribution in [0, 0.1) is 6.92 Å². The molecule has 0 atom stereocenters. The second-order valence-electron chi connectivity index (χ2n) is 6.77. The molecule has 1 aliphatic rings. The lowest BCUT2D eigenvalue weighted by Crippen LogP contribution is -2.08. The fraction of sp³-hybridized carbons (Fsp3) is 0.190. The molecule has 0 unspecified atom stereocenters. The van der Waals surface area contributed by atoms with E-state index in [0.717, 1.165) is 40.2 Å². The van der Waals surface area contributed by atoms with E-state index in [2.05, 4.69) is 73.0 Å². The van der Waals surface area contributed by atoms with E-state index >= 15 is 0 Å². The summed E-state index contributed by atoms with van der Waals surface area (Å²) in [5.41, 5.74) is 5.23. The number of halogens is 1. The van der Waals surface area contributed by atoms with Crippen molar-refractivity contribution < 1.29 is 4.79 Å². The number of carbonyl (C=O) groups excluding carboxylic acids is 1. The van der Waals surface area contributed by atoms with Crippen LogP contribution in [-0.4, -0.2) is 22.4 Å². The Bertz CT molecular complexity index is 1020. The lowest BCUT2D eigenvalue weighted by molar-refractivity contribution is -0.115. The molecule has 0 saturated carbocycles. The molecule has 3 aromatic rings. The molecule has 0 spiro atoms. The maximum Gasteiger partial charge on any atom is 0.229 e. The Balaban J connectivity index is 1.41. The number of aryl methyl sites for hydroxylation is 1. The molecule has 0 fully saturated rings. The number of hydrogen-bond acceptors (Lipinski definition) is 5. The summed E-state index contributed by atoms with van der Waals surface area (Å²) in [5.74, 6) is 1.26. The topological polar surface area (TPSA) is 78.9 Å². The normalized spacial score (nSPS) is 12.4. The van der Waals surface area contributed by atoms with Gasteiger partial charge in [0.25, 0.3) is 0 Å². The van der Waals surface area contributed by atoms with Crippen molar-refractivity contribution in [2.75, 3.05) is 22.5 Å². The minimum absolute atomic E-state index is 0.0205. The molecule has 1 amide bonds. The number of rotatable bonds is 6. The van der Waals surface area contributed by atoms with Crippen LogP contribution < -0.4 is 16.0 Å². The van der Waals surface area contributed by atoms with Crippen LogP contribution in [0.1, 0.15) is 16.7 Å². The molecule has 0 saturated heterocycles. The summed E-state index contributed by atoms with van der Waals surface area (Å²) in [7, 11) is 0. The second-order valence-corrected chi connectivity index (χ2v) is 7.63. The van der Waals surface area contributed by atoms with Gasteiger partial charge < -0.3 is 16.0 Å². The lowest BCUT2D eigenvalue weighted by atomic mass is 10.1. The van der Waals surface area contributed by atoms with Crippen LogP contribution in [0.3, 0.4) is 0 Å². The van der Waals surface area contributed by atoms with Gasteiger partial charge in [-0.3, -0.25) is 4.79 Å². The zero-order chi connectivity index (χ0) is 19.5. The number of anilines is 4. The molecule has 1 aliphatic heterocycles. The minimum Gasteiger partial charge on any atom is -0.369 e. The van der Waals surface area contributed by atoms with Crippen molar-refractivity contribution in [2.24, 2.45) is 0 Å². The average molecular weight is 438 g/mol. The molecule has 0 radical (unpaired) electrons. The molecule has 1 aromatic heterocycles.